The highest BCUT2D eigenvalue weighted by Crippen LogP contribution is 2.38. The number of aliphatic hydroxyl groups excluding tert-OH is 3. The van der Waals surface area contributed by atoms with Crippen LogP contribution in [0.5, 0.6) is 5.75 Å². The van der Waals surface area contributed by atoms with Crippen LogP contribution in [0.1, 0.15) is 52.6 Å². The Kier molecular flexibility index (Phi) is 10.2. The molecule has 1 fully saturated rings. The van der Waals surface area contributed by atoms with Crippen LogP contribution in [-0.4, -0.2) is 77.2 Å². The smallest absolute Gasteiger partial charge is 0.338 e. The SMILES string of the molecule is CO[C@H]1O[C@H](CO)[C@@H](O)[C@H](O)[C@H]1NC(=O)c1cc(Cl)c(OCc2cccc(C(=O)OC(C)(C)C)c2)c(Cl)c1C. The van der Waals surface area contributed by atoms with Crippen molar-refractivity contribution in [3.63, 3.8) is 0 Å². The molecule has 2 aromatic rings. The number of amides is 1. The molecule has 1 saturated heterocycles. The van der Waals surface area contributed by atoms with Gasteiger partial charge in [0.25, 0.3) is 5.91 Å². The van der Waals surface area contributed by atoms with Crippen LogP contribution in [0.4, 0.5) is 0 Å². The van der Waals surface area contributed by atoms with Gasteiger partial charge in [-0.15, -0.1) is 0 Å². The van der Waals surface area contributed by atoms with E-state index in [-0.39, 0.29) is 28.0 Å². The molecule has 0 aliphatic carbocycles. The zero-order valence-corrected chi connectivity index (χ0v) is 23.7. The van der Waals surface area contributed by atoms with E-state index in [4.69, 9.17) is 42.1 Å². The van der Waals surface area contributed by atoms with Gasteiger partial charge in [-0.3, -0.25) is 4.79 Å². The molecule has 214 valence electrons. The van der Waals surface area contributed by atoms with Crippen molar-refractivity contribution in [2.75, 3.05) is 13.7 Å². The number of nitrogens with one attached hydrogen (secondary N) is 1. The zero-order chi connectivity index (χ0) is 29.1. The molecule has 0 saturated carbocycles. The number of halogens is 2. The average Bonchev–Trinajstić information content (AvgIpc) is 2.88. The molecule has 3 rings (SSSR count). The van der Waals surface area contributed by atoms with Gasteiger partial charge >= 0.3 is 5.97 Å². The lowest BCUT2D eigenvalue weighted by atomic mass is 9.96. The summed E-state index contributed by atoms with van der Waals surface area (Å²) in [7, 11) is 1.30. The van der Waals surface area contributed by atoms with Crippen molar-refractivity contribution in [1.82, 2.24) is 5.32 Å². The van der Waals surface area contributed by atoms with Crippen LogP contribution in [0.25, 0.3) is 0 Å². The molecule has 0 bridgehead atoms. The molecule has 1 aliphatic heterocycles. The summed E-state index contributed by atoms with van der Waals surface area (Å²) in [6, 6.07) is 6.98. The summed E-state index contributed by atoms with van der Waals surface area (Å²) >= 11 is 13.0. The van der Waals surface area contributed by atoms with Crippen LogP contribution in [0.2, 0.25) is 10.0 Å². The normalized spacial score (nSPS) is 23.3. The van der Waals surface area contributed by atoms with Crippen LogP contribution in [0.3, 0.4) is 0 Å². The van der Waals surface area contributed by atoms with Gasteiger partial charge in [0, 0.05) is 12.7 Å². The van der Waals surface area contributed by atoms with Crippen LogP contribution < -0.4 is 10.1 Å². The van der Waals surface area contributed by atoms with Crippen molar-refractivity contribution >= 4 is 35.1 Å². The maximum absolute atomic E-state index is 13.1. The third-order valence-electron chi connectivity index (χ3n) is 6.02. The van der Waals surface area contributed by atoms with Gasteiger partial charge in [0.05, 0.1) is 22.2 Å². The summed E-state index contributed by atoms with van der Waals surface area (Å²) in [5.41, 5.74) is 0.853. The summed E-state index contributed by atoms with van der Waals surface area (Å²) in [6.07, 6.45) is -5.14. The summed E-state index contributed by atoms with van der Waals surface area (Å²) in [5.74, 6) is -0.973. The topological polar surface area (TPSA) is 144 Å². The minimum Gasteiger partial charge on any atom is -0.486 e. The zero-order valence-electron chi connectivity index (χ0n) is 22.2. The number of esters is 1. The Bertz CT molecular complexity index is 1200. The predicted molar refractivity (Wildman–Crippen MR) is 143 cm³/mol. The van der Waals surface area contributed by atoms with Gasteiger partial charge in [-0.1, -0.05) is 35.3 Å². The van der Waals surface area contributed by atoms with Gasteiger partial charge in [0.2, 0.25) is 0 Å². The molecular formula is C27H33Cl2NO9. The molecule has 5 atom stereocenters. The number of aliphatic hydroxyl groups is 3. The largest absolute Gasteiger partial charge is 0.486 e. The number of carbonyl (C=O) groups excluding carboxylic acids is 2. The van der Waals surface area contributed by atoms with E-state index < -0.39 is 54.7 Å². The molecule has 0 unspecified atom stereocenters. The molecule has 0 radical (unpaired) electrons. The first-order chi connectivity index (χ1) is 18.3. The van der Waals surface area contributed by atoms with Gasteiger partial charge in [0.1, 0.15) is 36.6 Å². The summed E-state index contributed by atoms with van der Waals surface area (Å²) in [6.45, 7) is 6.44. The van der Waals surface area contributed by atoms with E-state index in [0.29, 0.717) is 16.7 Å². The van der Waals surface area contributed by atoms with Crippen LogP contribution >= 0.6 is 23.2 Å². The van der Waals surface area contributed by atoms with Crippen LogP contribution in [0.15, 0.2) is 30.3 Å². The molecule has 0 spiro atoms. The molecule has 1 heterocycles. The lowest BCUT2D eigenvalue weighted by molar-refractivity contribution is -0.261. The van der Waals surface area contributed by atoms with E-state index in [2.05, 4.69) is 5.32 Å². The highest BCUT2D eigenvalue weighted by molar-refractivity contribution is 6.38. The second kappa shape index (κ2) is 12.8. The molecule has 1 aliphatic rings. The number of rotatable bonds is 8. The molecule has 4 N–H and O–H groups in total. The van der Waals surface area contributed by atoms with E-state index in [1.165, 1.54) is 13.2 Å². The Labute approximate surface area is 236 Å². The minimum absolute atomic E-state index is 0.0338. The van der Waals surface area contributed by atoms with Crippen molar-refractivity contribution < 1.29 is 43.9 Å². The lowest BCUT2D eigenvalue weighted by Gasteiger charge is -2.41. The highest BCUT2D eigenvalue weighted by atomic mass is 35.5. The summed E-state index contributed by atoms with van der Waals surface area (Å²) < 4.78 is 21.9. The Hall–Kier alpha value is -2.44. The number of methoxy groups -OCH3 is 1. The first-order valence-corrected chi connectivity index (χ1v) is 12.9. The third-order valence-corrected chi connectivity index (χ3v) is 6.76. The van der Waals surface area contributed by atoms with Gasteiger partial charge in [0.15, 0.2) is 12.0 Å². The third kappa shape index (κ3) is 7.40. The van der Waals surface area contributed by atoms with Gasteiger partial charge in [-0.2, -0.15) is 0 Å². The molecular weight excluding hydrogens is 553 g/mol. The predicted octanol–water partition coefficient (Wildman–Crippen LogP) is 3.02. The molecule has 1 amide bonds. The molecule has 0 aromatic heterocycles. The summed E-state index contributed by atoms with van der Waals surface area (Å²) in [5, 5.41) is 32.8. The number of ether oxygens (including phenoxy) is 4. The van der Waals surface area contributed by atoms with Crippen LogP contribution in [-0.2, 0) is 20.8 Å². The maximum Gasteiger partial charge on any atom is 0.338 e. The second-order valence-electron chi connectivity index (χ2n) is 10.1. The van der Waals surface area contributed by atoms with E-state index in [1.54, 1.807) is 52.0 Å². The number of carbonyl (C=O) groups is 2. The first kappa shape index (κ1) is 31.1. The van der Waals surface area contributed by atoms with Crippen molar-refractivity contribution in [2.45, 2.75) is 70.5 Å². The van der Waals surface area contributed by atoms with E-state index in [9.17, 15) is 24.9 Å². The van der Waals surface area contributed by atoms with E-state index in [0.717, 1.165) is 0 Å². The van der Waals surface area contributed by atoms with Crippen molar-refractivity contribution in [3.05, 3.63) is 62.6 Å². The fourth-order valence-electron chi connectivity index (χ4n) is 4.01. The quantitative estimate of drug-likeness (QED) is 0.343. The monoisotopic (exact) mass is 585 g/mol. The van der Waals surface area contributed by atoms with Crippen molar-refractivity contribution in [2.24, 2.45) is 0 Å². The van der Waals surface area contributed by atoms with Crippen molar-refractivity contribution in [1.29, 1.82) is 0 Å². The maximum atomic E-state index is 13.1. The fraction of sp³-hybridized carbons (Fsp3) is 0.481. The summed E-state index contributed by atoms with van der Waals surface area (Å²) in [4.78, 5) is 25.5. The average molecular weight is 586 g/mol. The number of hydrogen-bond donors (Lipinski definition) is 4. The minimum atomic E-state index is -1.48. The molecule has 2 aromatic carbocycles. The Balaban J connectivity index is 1.76. The molecule has 12 heteroatoms. The second-order valence-corrected chi connectivity index (χ2v) is 10.9. The lowest BCUT2D eigenvalue weighted by Crippen LogP contribution is -2.64. The van der Waals surface area contributed by atoms with Crippen molar-refractivity contribution in [3.8, 4) is 5.75 Å². The number of hydrogen-bond acceptors (Lipinski definition) is 9. The van der Waals surface area contributed by atoms with Gasteiger partial charge in [-0.05, 0) is 57.0 Å². The number of benzene rings is 2. The van der Waals surface area contributed by atoms with Gasteiger partial charge in [-0.25, -0.2) is 4.79 Å². The Morgan fingerprint density at radius 1 is 1.13 bits per heavy atom. The molecule has 39 heavy (non-hydrogen) atoms. The van der Waals surface area contributed by atoms with E-state index >= 15 is 0 Å². The standard InChI is InChI=1S/C27H33Cl2NO9/c1-13-16(24(34)30-20-22(33)21(32)18(11-31)38-26(20)36-5)10-17(28)23(19(13)29)37-12-14-7-6-8-15(9-14)25(35)39-27(2,3)4/h6-10,18,20-22,26,31-33H,11-12H2,1-5H3,(H,30,34)/t18-,20-,21-,22-,26+/m1/s1. The van der Waals surface area contributed by atoms with E-state index in [1.807, 2.05) is 0 Å². The Morgan fingerprint density at radius 3 is 2.44 bits per heavy atom. The Morgan fingerprint density at radius 2 is 1.82 bits per heavy atom. The first-order valence-electron chi connectivity index (χ1n) is 12.2. The molecule has 10 nitrogen and oxygen atoms in total. The van der Waals surface area contributed by atoms with Crippen LogP contribution in [0, 0.1) is 6.92 Å². The van der Waals surface area contributed by atoms with Gasteiger partial charge < -0.3 is 39.6 Å². The fourth-order valence-corrected chi connectivity index (χ4v) is 4.57. The highest BCUT2D eigenvalue weighted by Gasteiger charge is 2.45.